The van der Waals surface area contributed by atoms with Gasteiger partial charge in [-0.25, -0.2) is 4.79 Å². The minimum Gasteiger partial charge on any atom is -0.443 e. The Kier molecular flexibility index (Phi) is 6.16. The third-order valence-corrected chi connectivity index (χ3v) is 7.13. The molecule has 1 aromatic rings. The Morgan fingerprint density at radius 2 is 2.03 bits per heavy atom. The summed E-state index contributed by atoms with van der Waals surface area (Å²) in [5.74, 6) is 0.0265. The van der Waals surface area contributed by atoms with Gasteiger partial charge in [0.2, 0.25) is 0 Å². The lowest BCUT2D eigenvalue weighted by Crippen LogP contribution is -2.56. The van der Waals surface area contributed by atoms with Crippen molar-refractivity contribution in [2.24, 2.45) is 5.92 Å². The fourth-order valence-electron chi connectivity index (χ4n) is 5.24. The number of nitrogens with one attached hydrogen (secondary N) is 1. The Bertz CT molecular complexity index is 816. The standard InChI is InChI=1S/C25H35NO5/c1-16(2)11-12-20-24(4,31-20)22-21(28-5)19(13-14-25(22)15-29-25)30-23(27)26-17(3)18-9-7-6-8-10-18/h6-11,17,19-22H,12-15H2,1-5H3,(H,26,27)/t17-,19+,20-,21+,22+,24+,25-/m0/s1. The first-order chi connectivity index (χ1) is 14.8. The fraction of sp³-hybridized carbons (Fsp3) is 0.640. The van der Waals surface area contributed by atoms with E-state index in [-0.39, 0.29) is 41.5 Å². The molecule has 1 saturated carbocycles. The van der Waals surface area contributed by atoms with Crippen molar-refractivity contribution in [3.8, 4) is 0 Å². The maximum atomic E-state index is 12.7. The maximum absolute atomic E-state index is 12.7. The molecule has 1 aromatic carbocycles. The van der Waals surface area contributed by atoms with Crippen LogP contribution in [0.4, 0.5) is 4.79 Å². The van der Waals surface area contributed by atoms with Crippen molar-refractivity contribution in [1.29, 1.82) is 0 Å². The molecule has 3 fully saturated rings. The summed E-state index contributed by atoms with van der Waals surface area (Å²) in [6.45, 7) is 9.02. The number of allylic oxidation sites excluding steroid dienone is 1. The van der Waals surface area contributed by atoms with E-state index in [1.807, 2.05) is 37.3 Å². The summed E-state index contributed by atoms with van der Waals surface area (Å²) in [5, 5.41) is 2.95. The minimum absolute atomic E-state index is 0.0265. The Labute approximate surface area is 185 Å². The third-order valence-electron chi connectivity index (χ3n) is 7.13. The first-order valence-electron chi connectivity index (χ1n) is 11.3. The molecule has 2 aliphatic heterocycles. The number of benzene rings is 1. The van der Waals surface area contributed by atoms with Gasteiger partial charge in [-0.2, -0.15) is 0 Å². The van der Waals surface area contributed by atoms with Gasteiger partial charge in [0.15, 0.2) is 0 Å². The van der Waals surface area contributed by atoms with E-state index in [2.05, 4.69) is 32.2 Å². The molecule has 6 nitrogen and oxygen atoms in total. The highest BCUT2D eigenvalue weighted by Gasteiger charge is 2.72. The van der Waals surface area contributed by atoms with Crippen LogP contribution < -0.4 is 5.32 Å². The molecule has 1 spiro atoms. The molecule has 1 N–H and O–H groups in total. The molecule has 0 aromatic heterocycles. The summed E-state index contributed by atoms with van der Waals surface area (Å²) in [6, 6.07) is 9.73. The smallest absolute Gasteiger partial charge is 0.407 e. The summed E-state index contributed by atoms with van der Waals surface area (Å²) in [7, 11) is 1.69. The van der Waals surface area contributed by atoms with E-state index in [1.165, 1.54) is 5.57 Å². The van der Waals surface area contributed by atoms with E-state index >= 15 is 0 Å². The number of ether oxygens (including phenoxy) is 4. The molecule has 1 aliphatic carbocycles. The van der Waals surface area contributed by atoms with E-state index in [1.54, 1.807) is 7.11 Å². The summed E-state index contributed by atoms with van der Waals surface area (Å²) in [4.78, 5) is 12.7. The number of hydrogen-bond acceptors (Lipinski definition) is 5. The van der Waals surface area contributed by atoms with Crippen molar-refractivity contribution in [3.63, 3.8) is 0 Å². The van der Waals surface area contributed by atoms with Crippen LogP contribution >= 0.6 is 0 Å². The average molecular weight is 430 g/mol. The molecule has 31 heavy (non-hydrogen) atoms. The Morgan fingerprint density at radius 1 is 1.32 bits per heavy atom. The van der Waals surface area contributed by atoms with Crippen LogP contribution in [0, 0.1) is 5.92 Å². The number of amides is 1. The SMILES string of the molecule is CO[C@@H]1[C@H](OC(=O)N[C@@H](C)c2ccccc2)CC[C@]2(CO2)[C@H]1[C@]1(C)O[C@H]1CC=C(C)C. The van der Waals surface area contributed by atoms with Gasteiger partial charge in [-0.15, -0.1) is 0 Å². The Balaban J connectivity index is 1.43. The molecule has 7 atom stereocenters. The van der Waals surface area contributed by atoms with Gasteiger partial charge >= 0.3 is 6.09 Å². The first-order valence-corrected chi connectivity index (χ1v) is 11.3. The Morgan fingerprint density at radius 3 is 2.65 bits per heavy atom. The van der Waals surface area contributed by atoms with Crippen molar-refractivity contribution in [3.05, 3.63) is 47.5 Å². The van der Waals surface area contributed by atoms with Crippen LogP contribution in [0.1, 0.15) is 58.6 Å². The molecular formula is C25H35NO5. The molecule has 4 rings (SSSR count). The summed E-state index contributed by atoms with van der Waals surface area (Å²) in [5.41, 5.74) is 1.77. The van der Waals surface area contributed by atoms with Gasteiger partial charge in [0.05, 0.1) is 24.7 Å². The lowest BCUT2D eigenvalue weighted by molar-refractivity contribution is -0.118. The largest absolute Gasteiger partial charge is 0.443 e. The van der Waals surface area contributed by atoms with Crippen molar-refractivity contribution < 1.29 is 23.7 Å². The molecule has 2 heterocycles. The van der Waals surface area contributed by atoms with E-state index < -0.39 is 6.09 Å². The number of methoxy groups -OCH3 is 1. The van der Waals surface area contributed by atoms with Crippen LogP contribution in [0.25, 0.3) is 0 Å². The molecule has 2 saturated heterocycles. The molecule has 1 amide bonds. The van der Waals surface area contributed by atoms with E-state index in [0.29, 0.717) is 0 Å². The van der Waals surface area contributed by atoms with Gasteiger partial charge in [-0.3, -0.25) is 0 Å². The van der Waals surface area contributed by atoms with Crippen LogP contribution in [-0.2, 0) is 18.9 Å². The highest BCUT2D eigenvalue weighted by molar-refractivity contribution is 5.68. The highest BCUT2D eigenvalue weighted by Crippen LogP contribution is 2.59. The summed E-state index contributed by atoms with van der Waals surface area (Å²) >= 11 is 0. The van der Waals surface area contributed by atoms with Gasteiger partial charge in [0.25, 0.3) is 0 Å². The predicted octanol–water partition coefficient (Wildman–Crippen LogP) is 4.55. The normalized spacial score (nSPS) is 37.1. The van der Waals surface area contributed by atoms with Gasteiger partial charge < -0.3 is 24.3 Å². The van der Waals surface area contributed by atoms with Gasteiger partial charge in [-0.05, 0) is 52.5 Å². The second-order valence-electron chi connectivity index (χ2n) is 9.60. The van der Waals surface area contributed by atoms with E-state index in [9.17, 15) is 4.79 Å². The highest BCUT2D eigenvalue weighted by atomic mass is 16.6. The van der Waals surface area contributed by atoms with Crippen LogP contribution in [-0.4, -0.2) is 49.3 Å². The minimum atomic E-state index is -0.419. The van der Waals surface area contributed by atoms with Crippen LogP contribution in [0.15, 0.2) is 42.0 Å². The number of alkyl carbamates (subject to hydrolysis) is 1. The van der Waals surface area contributed by atoms with Crippen LogP contribution in [0.5, 0.6) is 0 Å². The number of rotatable bonds is 7. The second kappa shape index (κ2) is 8.57. The Hall–Kier alpha value is -1.89. The van der Waals surface area contributed by atoms with Gasteiger partial charge in [-0.1, -0.05) is 42.0 Å². The van der Waals surface area contributed by atoms with Crippen molar-refractivity contribution in [2.75, 3.05) is 13.7 Å². The first kappa shape index (κ1) is 22.3. The van der Waals surface area contributed by atoms with Crippen molar-refractivity contribution in [2.45, 2.75) is 82.5 Å². The molecule has 6 heteroatoms. The third kappa shape index (κ3) is 4.52. The van der Waals surface area contributed by atoms with Gasteiger partial charge in [0, 0.05) is 7.11 Å². The lowest BCUT2D eigenvalue weighted by Gasteiger charge is -2.42. The zero-order chi connectivity index (χ0) is 22.2. The molecule has 3 aliphatic rings. The van der Waals surface area contributed by atoms with E-state index in [0.717, 1.165) is 31.4 Å². The van der Waals surface area contributed by atoms with Crippen molar-refractivity contribution in [1.82, 2.24) is 5.32 Å². The number of hydrogen-bond donors (Lipinski definition) is 1. The molecule has 0 bridgehead atoms. The molecule has 0 radical (unpaired) electrons. The lowest BCUT2D eigenvalue weighted by atomic mass is 9.68. The van der Waals surface area contributed by atoms with E-state index in [4.69, 9.17) is 18.9 Å². The quantitative estimate of drug-likeness (QED) is 0.508. The number of epoxide rings is 2. The van der Waals surface area contributed by atoms with Crippen LogP contribution in [0.3, 0.4) is 0 Å². The van der Waals surface area contributed by atoms with Gasteiger partial charge in [0.1, 0.15) is 23.4 Å². The predicted molar refractivity (Wildman–Crippen MR) is 118 cm³/mol. The number of carbonyl (C=O) groups is 1. The van der Waals surface area contributed by atoms with Crippen molar-refractivity contribution >= 4 is 6.09 Å². The maximum Gasteiger partial charge on any atom is 0.407 e. The molecule has 0 unspecified atom stereocenters. The summed E-state index contributed by atoms with van der Waals surface area (Å²) < 4.78 is 24.0. The topological polar surface area (TPSA) is 72.6 Å². The second-order valence-corrected chi connectivity index (χ2v) is 9.60. The molecule has 170 valence electrons. The summed E-state index contributed by atoms with van der Waals surface area (Å²) in [6.07, 6.45) is 3.77. The average Bonchev–Trinajstić information content (AvgIpc) is 3.65. The number of carbonyl (C=O) groups excluding carboxylic acids is 1. The monoisotopic (exact) mass is 429 g/mol. The zero-order valence-corrected chi connectivity index (χ0v) is 19.2. The zero-order valence-electron chi connectivity index (χ0n) is 19.2. The molecular weight excluding hydrogens is 394 g/mol. The van der Waals surface area contributed by atoms with Crippen LogP contribution in [0.2, 0.25) is 0 Å². The fourth-order valence-corrected chi connectivity index (χ4v) is 5.24.